The largest absolute Gasteiger partial charge is 0.462 e. The lowest BCUT2D eigenvalue weighted by Gasteiger charge is -2.40. The minimum atomic E-state index is -4.61. The van der Waals surface area contributed by atoms with Crippen LogP contribution in [0.25, 0.3) is 0 Å². The molecule has 0 amide bonds. The van der Waals surface area contributed by atoms with E-state index in [0.29, 0.717) is 19.3 Å². The summed E-state index contributed by atoms with van der Waals surface area (Å²) < 4.78 is 53.9. The SMILES string of the molecule is CCCCCCCC/C=C/CCCCCC(=O)OC[C@H](CO[C@H]1O[C@H](CS(=O)(=O)O)[C@@H](O)C(O)C1O)OC(=O)CCC/C=C/C/C=C/CCCCCCCCCCC. The Morgan fingerprint density at radius 2 is 1.05 bits per heavy atom. The van der Waals surface area contributed by atoms with Crippen LogP contribution < -0.4 is 0 Å². The first-order chi connectivity index (χ1) is 28.0. The molecule has 0 aromatic rings. The Bertz CT molecular complexity index is 1220. The predicted octanol–water partition coefficient (Wildman–Crippen LogP) is 9.00. The van der Waals surface area contributed by atoms with Gasteiger partial charge in [-0.25, -0.2) is 0 Å². The molecule has 2 unspecified atom stereocenters. The summed E-state index contributed by atoms with van der Waals surface area (Å²) in [5.74, 6) is -2.06. The topological polar surface area (TPSA) is 186 Å². The van der Waals surface area contributed by atoms with Crippen LogP contribution in [0, 0.1) is 0 Å². The first kappa shape index (κ1) is 53.9. The molecule has 1 aliphatic heterocycles. The van der Waals surface area contributed by atoms with Gasteiger partial charge in [0.1, 0.15) is 36.8 Å². The summed E-state index contributed by atoms with van der Waals surface area (Å²) in [7, 11) is -4.61. The molecule has 0 aromatic heterocycles. The smallest absolute Gasteiger partial charge is 0.306 e. The Hall–Kier alpha value is -2.13. The second-order valence-electron chi connectivity index (χ2n) is 15.7. The maximum absolute atomic E-state index is 12.8. The quantitative estimate of drug-likeness (QED) is 0.0202. The van der Waals surface area contributed by atoms with Gasteiger partial charge in [0.15, 0.2) is 12.4 Å². The van der Waals surface area contributed by atoms with Crippen LogP contribution in [0.1, 0.15) is 181 Å². The van der Waals surface area contributed by atoms with Crippen LogP contribution in [-0.2, 0) is 38.7 Å². The average molecular weight is 845 g/mol. The summed E-state index contributed by atoms with van der Waals surface area (Å²) in [6.07, 6.45) is 30.6. The lowest BCUT2D eigenvalue weighted by atomic mass is 10.00. The second kappa shape index (κ2) is 35.6. The molecule has 1 aliphatic rings. The van der Waals surface area contributed by atoms with Crippen molar-refractivity contribution in [1.29, 1.82) is 0 Å². The van der Waals surface area contributed by atoms with Gasteiger partial charge in [-0.15, -0.1) is 0 Å². The van der Waals surface area contributed by atoms with Crippen LogP contribution >= 0.6 is 0 Å². The number of aliphatic hydroxyl groups is 3. The molecule has 1 heterocycles. The van der Waals surface area contributed by atoms with E-state index in [0.717, 1.165) is 38.5 Å². The number of aliphatic hydroxyl groups excluding tert-OH is 3. The number of carbonyl (C=O) groups excluding carboxylic acids is 2. The van der Waals surface area contributed by atoms with Gasteiger partial charge in [-0.3, -0.25) is 14.1 Å². The number of rotatable bonds is 37. The predicted molar refractivity (Wildman–Crippen MR) is 229 cm³/mol. The van der Waals surface area contributed by atoms with Crippen LogP contribution in [0.5, 0.6) is 0 Å². The standard InChI is InChI=1S/C45H80O12S/c1-3-5-7-9-11-13-15-17-18-19-20-22-24-26-28-30-32-34-41(47)56-38(36-55-45-44(50)43(49)42(48)39(57-45)37-58(51,52)53)35-54-40(46)33-31-29-27-25-23-21-16-14-12-10-8-6-4-2/h20-23,26,28,38-39,42-45,48-50H,3-19,24-25,27,29-37H2,1-2H3,(H,51,52,53)/b22-20+,23-21+,28-26+/t38-,39-,42-,43?,44?,45+/m1/s1. The van der Waals surface area contributed by atoms with E-state index in [9.17, 15) is 37.9 Å². The van der Waals surface area contributed by atoms with Crippen molar-refractivity contribution >= 4 is 22.1 Å². The highest BCUT2D eigenvalue weighted by molar-refractivity contribution is 7.85. The summed E-state index contributed by atoms with van der Waals surface area (Å²) in [4.78, 5) is 25.3. The molecule has 0 radical (unpaired) electrons. The first-order valence-corrected chi connectivity index (χ1v) is 24.2. The van der Waals surface area contributed by atoms with Crippen LogP contribution in [0.15, 0.2) is 36.5 Å². The van der Waals surface area contributed by atoms with E-state index in [1.807, 2.05) is 6.08 Å². The Labute approximate surface area is 351 Å². The fourth-order valence-corrected chi connectivity index (χ4v) is 7.34. The summed E-state index contributed by atoms with van der Waals surface area (Å²) in [6, 6.07) is 0. The lowest BCUT2D eigenvalue weighted by molar-refractivity contribution is -0.297. The molecule has 58 heavy (non-hydrogen) atoms. The molecule has 0 spiro atoms. The fourth-order valence-electron chi connectivity index (χ4n) is 6.65. The van der Waals surface area contributed by atoms with E-state index in [2.05, 4.69) is 44.2 Å². The third-order valence-electron chi connectivity index (χ3n) is 10.2. The van der Waals surface area contributed by atoms with Crippen molar-refractivity contribution in [2.75, 3.05) is 19.0 Å². The van der Waals surface area contributed by atoms with Gasteiger partial charge in [-0.2, -0.15) is 8.42 Å². The van der Waals surface area contributed by atoms with Gasteiger partial charge < -0.3 is 34.3 Å². The zero-order chi connectivity index (χ0) is 42.7. The molecule has 13 heteroatoms. The van der Waals surface area contributed by atoms with E-state index in [1.165, 1.54) is 96.3 Å². The van der Waals surface area contributed by atoms with Gasteiger partial charge >= 0.3 is 11.9 Å². The van der Waals surface area contributed by atoms with Crippen LogP contribution in [0.4, 0.5) is 0 Å². The number of esters is 2. The maximum Gasteiger partial charge on any atom is 0.306 e. The third-order valence-corrected chi connectivity index (χ3v) is 10.9. The van der Waals surface area contributed by atoms with E-state index in [1.54, 1.807) is 0 Å². The number of hydrogen-bond acceptors (Lipinski definition) is 11. The van der Waals surface area contributed by atoms with E-state index in [4.69, 9.17) is 18.9 Å². The maximum atomic E-state index is 12.8. The third kappa shape index (κ3) is 30.0. The molecule has 0 aliphatic carbocycles. The van der Waals surface area contributed by atoms with Gasteiger partial charge in [0, 0.05) is 12.8 Å². The summed E-state index contributed by atoms with van der Waals surface area (Å²) in [6.45, 7) is 3.70. The van der Waals surface area contributed by atoms with Gasteiger partial charge in [0.25, 0.3) is 10.1 Å². The molecule has 1 fully saturated rings. The van der Waals surface area contributed by atoms with Gasteiger partial charge in [-0.05, 0) is 64.2 Å². The second-order valence-corrected chi connectivity index (χ2v) is 17.2. The Morgan fingerprint density at radius 1 is 0.586 bits per heavy atom. The Balaban J connectivity index is 2.50. The van der Waals surface area contributed by atoms with Crippen molar-refractivity contribution in [2.24, 2.45) is 0 Å². The van der Waals surface area contributed by atoms with E-state index in [-0.39, 0.29) is 19.4 Å². The number of allylic oxidation sites excluding steroid dienone is 6. The van der Waals surface area contributed by atoms with E-state index >= 15 is 0 Å². The molecule has 6 atom stereocenters. The molecular weight excluding hydrogens is 765 g/mol. The zero-order valence-electron chi connectivity index (χ0n) is 35.9. The monoisotopic (exact) mass is 845 g/mol. The molecule has 1 saturated heterocycles. The molecule has 12 nitrogen and oxygen atoms in total. The van der Waals surface area contributed by atoms with Crippen molar-refractivity contribution in [3.8, 4) is 0 Å². The van der Waals surface area contributed by atoms with Crippen molar-refractivity contribution in [2.45, 2.75) is 218 Å². The van der Waals surface area contributed by atoms with Crippen molar-refractivity contribution < 1.29 is 56.8 Å². The molecule has 0 aromatic carbocycles. The number of carbonyl (C=O) groups is 2. The minimum absolute atomic E-state index is 0.0977. The minimum Gasteiger partial charge on any atom is -0.462 e. The van der Waals surface area contributed by atoms with Gasteiger partial charge in [-0.1, -0.05) is 140 Å². The van der Waals surface area contributed by atoms with Gasteiger partial charge in [0.05, 0.1) is 6.61 Å². The number of ether oxygens (including phenoxy) is 4. The van der Waals surface area contributed by atoms with Crippen molar-refractivity contribution in [3.63, 3.8) is 0 Å². The molecule has 0 bridgehead atoms. The van der Waals surface area contributed by atoms with Crippen LogP contribution in [0.2, 0.25) is 0 Å². The fraction of sp³-hybridized carbons (Fsp3) is 0.822. The molecule has 4 N–H and O–H groups in total. The van der Waals surface area contributed by atoms with Crippen LogP contribution in [0.3, 0.4) is 0 Å². The first-order valence-electron chi connectivity index (χ1n) is 22.5. The molecule has 338 valence electrons. The molecular formula is C45H80O12S. The lowest BCUT2D eigenvalue weighted by Crippen LogP contribution is -2.60. The van der Waals surface area contributed by atoms with Crippen LogP contribution in [-0.4, -0.2) is 96.0 Å². The molecule has 1 rings (SSSR count). The normalized spacial score (nSPS) is 20.7. The van der Waals surface area contributed by atoms with Crippen molar-refractivity contribution in [3.05, 3.63) is 36.5 Å². The van der Waals surface area contributed by atoms with E-state index < -0.39 is 71.2 Å². The number of unbranched alkanes of at least 4 members (excludes halogenated alkanes) is 19. The zero-order valence-corrected chi connectivity index (χ0v) is 36.7. The Kier molecular flexibility index (Phi) is 33.1. The average Bonchev–Trinajstić information content (AvgIpc) is 3.18. The summed E-state index contributed by atoms with van der Waals surface area (Å²) in [5, 5.41) is 30.8. The summed E-state index contributed by atoms with van der Waals surface area (Å²) in [5.41, 5.74) is 0. The highest BCUT2D eigenvalue weighted by atomic mass is 32.2. The van der Waals surface area contributed by atoms with Crippen molar-refractivity contribution in [1.82, 2.24) is 0 Å². The number of hydrogen-bond donors (Lipinski definition) is 4. The van der Waals surface area contributed by atoms with Gasteiger partial charge in [0.2, 0.25) is 0 Å². The highest BCUT2D eigenvalue weighted by Crippen LogP contribution is 2.24. The highest BCUT2D eigenvalue weighted by Gasteiger charge is 2.46. The Morgan fingerprint density at radius 3 is 1.59 bits per heavy atom. The molecule has 0 saturated carbocycles. The summed E-state index contributed by atoms with van der Waals surface area (Å²) >= 11 is 0.